The molecule has 6 aromatic carbocycles. The number of allylic oxidation sites excluding steroid dienone is 2. The normalized spacial score (nSPS) is 16.3. The molecule has 0 nitrogen and oxygen atoms in total. The van der Waals surface area contributed by atoms with E-state index in [-0.39, 0.29) is 0 Å². The van der Waals surface area contributed by atoms with Gasteiger partial charge in [0.1, 0.15) is 0 Å². The summed E-state index contributed by atoms with van der Waals surface area (Å²) in [6.07, 6.45) is 5.11. The van der Waals surface area contributed by atoms with Crippen LogP contribution in [0.2, 0.25) is 4.13 Å². The van der Waals surface area contributed by atoms with Gasteiger partial charge in [-0.3, -0.25) is 0 Å². The van der Waals surface area contributed by atoms with Gasteiger partial charge in [0.05, 0.1) is 0 Å². The summed E-state index contributed by atoms with van der Waals surface area (Å²) in [6, 6.07) is 53.8. The molecule has 0 N–H and O–H groups in total. The zero-order valence-corrected chi connectivity index (χ0v) is 29.8. The number of hydrogen-bond acceptors (Lipinski definition) is 0. The fourth-order valence-electron chi connectivity index (χ4n) is 8.29. The minimum atomic E-state index is -2.40. The Morgan fingerprint density at radius 3 is 1.02 bits per heavy atom. The third kappa shape index (κ3) is 5.26. The Morgan fingerprint density at radius 1 is 0.404 bits per heavy atom. The molecule has 0 heterocycles. The average Bonchev–Trinajstić information content (AvgIpc) is 3.66. The zero-order chi connectivity index (χ0) is 31.9. The first kappa shape index (κ1) is 30.0. The maximum atomic E-state index is 2.55. The van der Waals surface area contributed by atoms with Gasteiger partial charge in [-0.05, 0) is 0 Å². The summed E-state index contributed by atoms with van der Waals surface area (Å²) in [4.78, 5) is 0. The Kier molecular flexibility index (Phi) is 8.12. The van der Waals surface area contributed by atoms with Gasteiger partial charge in [-0.1, -0.05) is 0 Å². The van der Waals surface area contributed by atoms with Crippen molar-refractivity contribution in [2.75, 3.05) is 0 Å². The van der Waals surface area contributed by atoms with E-state index in [1.54, 1.807) is 22.3 Å². The van der Waals surface area contributed by atoms with Crippen LogP contribution in [0.5, 0.6) is 0 Å². The van der Waals surface area contributed by atoms with Crippen molar-refractivity contribution < 1.29 is 21.8 Å². The summed E-state index contributed by atoms with van der Waals surface area (Å²) in [7, 11) is 0. The Morgan fingerprint density at radius 2 is 0.702 bits per heavy atom. The van der Waals surface area contributed by atoms with Crippen molar-refractivity contribution in [1.29, 1.82) is 0 Å². The summed E-state index contributed by atoms with van der Waals surface area (Å²) in [6.45, 7) is 7.35. The molecule has 6 aromatic rings. The molecule has 0 aliphatic heterocycles. The van der Waals surface area contributed by atoms with Crippen LogP contribution in [0.25, 0.3) is 56.7 Å². The summed E-state index contributed by atoms with van der Waals surface area (Å²) in [5, 5.41) is 0. The molecular weight excluding hydrogens is 644 g/mol. The van der Waals surface area contributed by atoms with Gasteiger partial charge in [-0.25, -0.2) is 0 Å². The van der Waals surface area contributed by atoms with Crippen molar-refractivity contribution in [3.05, 3.63) is 179 Å². The molecule has 2 aliphatic rings. The SMILES string of the molecule is C[CH2][Zr]([CH]1C(C)=Cc2c(-c3ccccc3)ccc(-c3ccccc3)c21)[CH]1C(C)=Cc2c(-c3ccccc3)ccc(-c3ccccc3)c21. The van der Waals surface area contributed by atoms with Crippen molar-refractivity contribution in [2.24, 2.45) is 0 Å². The molecule has 0 bridgehead atoms. The molecule has 2 aliphatic carbocycles. The Labute approximate surface area is 287 Å². The van der Waals surface area contributed by atoms with Crippen LogP contribution in [0.1, 0.15) is 50.3 Å². The second-order valence-corrected chi connectivity index (χ2v) is 20.4. The standard InChI is InChI=1S/2C22H17.C2H5.Zr/c2*1-16-14-21-19(17-8-4-2-5-9-17)12-13-20(22(21)15-16)18-10-6-3-7-11-18;1-2;/h2*2-15H,1H3;1H2,2H3;. The first-order valence-electron chi connectivity index (χ1n) is 16.9. The summed E-state index contributed by atoms with van der Waals surface area (Å²) < 4.78 is 2.28. The van der Waals surface area contributed by atoms with E-state index in [2.05, 4.69) is 179 Å². The van der Waals surface area contributed by atoms with Crippen LogP contribution in [-0.4, -0.2) is 0 Å². The molecule has 8 rings (SSSR count). The van der Waals surface area contributed by atoms with Crippen molar-refractivity contribution in [1.82, 2.24) is 0 Å². The van der Waals surface area contributed by atoms with E-state index in [1.165, 1.54) is 59.8 Å². The molecular formula is C46H39Zr. The monoisotopic (exact) mass is 681 g/mol. The van der Waals surface area contributed by atoms with Gasteiger partial charge < -0.3 is 0 Å². The van der Waals surface area contributed by atoms with Gasteiger partial charge >= 0.3 is 290 Å². The van der Waals surface area contributed by atoms with Crippen molar-refractivity contribution in [2.45, 2.75) is 32.2 Å². The fourth-order valence-corrected chi connectivity index (χ4v) is 17.8. The number of rotatable bonds is 7. The fraction of sp³-hybridized carbons (Fsp3) is 0.130. The molecule has 227 valence electrons. The molecule has 0 fully saturated rings. The van der Waals surface area contributed by atoms with Crippen molar-refractivity contribution >= 4 is 12.2 Å². The minimum absolute atomic E-state index is 0.500. The van der Waals surface area contributed by atoms with Gasteiger partial charge in [0.25, 0.3) is 0 Å². The average molecular weight is 683 g/mol. The van der Waals surface area contributed by atoms with E-state index in [1.807, 2.05) is 0 Å². The molecule has 0 spiro atoms. The number of benzene rings is 6. The van der Waals surface area contributed by atoms with E-state index in [0.29, 0.717) is 7.25 Å². The molecule has 2 unspecified atom stereocenters. The Bertz CT molecular complexity index is 1970. The predicted octanol–water partition coefficient (Wildman–Crippen LogP) is 13.0. The second kappa shape index (κ2) is 12.7. The van der Waals surface area contributed by atoms with Gasteiger partial charge in [0, 0.05) is 0 Å². The summed E-state index contributed by atoms with van der Waals surface area (Å²) >= 11 is -2.40. The summed E-state index contributed by atoms with van der Waals surface area (Å²) in [5.74, 6) is 0. The van der Waals surface area contributed by atoms with E-state index >= 15 is 0 Å². The molecule has 47 heavy (non-hydrogen) atoms. The molecule has 0 saturated heterocycles. The van der Waals surface area contributed by atoms with E-state index in [4.69, 9.17) is 0 Å². The molecule has 0 aromatic heterocycles. The Hall–Kier alpha value is -4.32. The first-order valence-corrected chi connectivity index (χ1v) is 21.5. The molecule has 0 saturated carbocycles. The maximum absolute atomic E-state index is 2.55. The van der Waals surface area contributed by atoms with Crippen LogP contribution in [-0.2, 0) is 21.8 Å². The Balaban J connectivity index is 1.35. The van der Waals surface area contributed by atoms with E-state index in [0.717, 1.165) is 0 Å². The van der Waals surface area contributed by atoms with Gasteiger partial charge in [0.15, 0.2) is 0 Å². The molecule has 0 radical (unpaired) electrons. The second-order valence-electron chi connectivity index (χ2n) is 13.0. The third-order valence-corrected chi connectivity index (χ3v) is 19.6. The van der Waals surface area contributed by atoms with Gasteiger partial charge in [-0.2, -0.15) is 0 Å². The van der Waals surface area contributed by atoms with Crippen LogP contribution in [0.3, 0.4) is 0 Å². The quantitative estimate of drug-likeness (QED) is 0.157. The van der Waals surface area contributed by atoms with Crippen LogP contribution < -0.4 is 0 Å². The summed E-state index contributed by atoms with van der Waals surface area (Å²) in [5.41, 5.74) is 19.9. The van der Waals surface area contributed by atoms with E-state index in [9.17, 15) is 0 Å². The van der Waals surface area contributed by atoms with Gasteiger partial charge in [0.2, 0.25) is 0 Å². The van der Waals surface area contributed by atoms with Crippen LogP contribution >= 0.6 is 0 Å². The number of hydrogen-bond donors (Lipinski definition) is 0. The first-order chi connectivity index (χ1) is 23.1. The third-order valence-electron chi connectivity index (χ3n) is 10.3. The molecule has 1 heteroatoms. The van der Waals surface area contributed by atoms with Crippen molar-refractivity contribution in [3.63, 3.8) is 0 Å². The van der Waals surface area contributed by atoms with Crippen LogP contribution in [0, 0.1) is 0 Å². The molecule has 0 amide bonds. The molecule has 2 atom stereocenters. The van der Waals surface area contributed by atoms with Gasteiger partial charge in [-0.15, -0.1) is 0 Å². The topological polar surface area (TPSA) is 0 Å². The number of fused-ring (bicyclic) bond motifs is 2. The zero-order valence-electron chi connectivity index (χ0n) is 27.4. The van der Waals surface area contributed by atoms with Crippen LogP contribution in [0.4, 0.5) is 0 Å². The van der Waals surface area contributed by atoms with Crippen LogP contribution in [0.15, 0.2) is 157 Å². The van der Waals surface area contributed by atoms with Crippen molar-refractivity contribution in [3.8, 4) is 44.5 Å². The van der Waals surface area contributed by atoms with E-state index < -0.39 is 21.8 Å². The predicted molar refractivity (Wildman–Crippen MR) is 198 cm³/mol.